The number of hydrogen-bond donors (Lipinski definition) is 2. The molecule has 0 saturated heterocycles. The van der Waals surface area contributed by atoms with Gasteiger partial charge in [-0.25, -0.2) is 9.59 Å². The molecule has 0 radical (unpaired) electrons. The van der Waals surface area contributed by atoms with Crippen LogP contribution in [0.2, 0.25) is 0 Å². The van der Waals surface area contributed by atoms with Crippen LogP contribution in [-0.2, 0) is 4.79 Å². The highest BCUT2D eigenvalue weighted by molar-refractivity contribution is 7.98. The van der Waals surface area contributed by atoms with Gasteiger partial charge in [-0.05, 0) is 37.7 Å². The van der Waals surface area contributed by atoms with E-state index in [1.54, 1.807) is 36.0 Å². The largest absolute Gasteiger partial charge is 0.476 e. The molecule has 1 aromatic carbocycles. The van der Waals surface area contributed by atoms with Crippen molar-refractivity contribution < 1.29 is 19.5 Å². The zero-order valence-electron chi connectivity index (χ0n) is 14.6. The lowest BCUT2D eigenvalue weighted by Crippen LogP contribution is -2.45. The number of fused-ring (bicyclic) bond motifs is 1. The first-order valence-corrected chi connectivity index (χ1v) is 9.91. The van der Waals surface area contributed by atoms with Crippen molar-refractivity contribution in [2.24, 2.45) is 11.7 Å². The monoisotopic (exact) mass is 374 g/mol. The van der Waals surface area contributed by atoms with Crippen LogP contribution in [0.15, 0.2) is 42.0 Å². The molecule has 2 aromatic rings. The number of nitrogens with zero attached hydrogens (tertiary/aromatic N) is 1. The van der Waals surface area contributed by atoms with Crippen molar-refractivity contribution in [2.45, 2.75) is 25.3 Å². The fourth-order valence-corrected chi connectivity index (χ4v) is 4.13. The van der Waals surface area contributed by atoms with Crippen LogP contribution in [0.1, 0.15) is 29.8 Å². The SMILES string of the molecule is CSCC(C1=CCCC1)C(N)C(=O)On1c(C(=O)O)cc2ccccc21. The van der Waals surface area contributed by atoms with E-state index in [-0.39, 0.29) is 11.6 Å². The first-order valence-electron chi connectivity index (χ1n) is 8.52. The van der Waals surface area contributed by atoms with Crippen molar-refractivity contribution in [3.63, 3.8) is 0 Å². The van der Waals surface area contributed by atoms with Gasteiger partial charge in [0.15, 0.2) is 5.69 Å². The predicted molar refractivity (Wildman–Crippen MR) is 102 cm³/mol. The second-order valence-corrected chi connectivity index (χ2v) is 7.27. The van der Waals surface area contributed by atoms with Crippen molar-refractivity contribution in [1.29, 1.82) is 0 Å². The quantitative estimate of drug-likeness (QED) is 0.724. The fraction of sp³-hybridized carbons (Fsp3) is 0.368. The van der Waals surface area contributed by atoms with E-state index in [4.69, 9.17) is 10.6 Å². The topological polar surface area (TPSA) is 94.6 Å². The Labute approximate surface area is 155 Å². The minimum atomic E-state index is -1.17. The van der Waals surface area contributed by atoms with E-state index >= 15 is 0 Å². The number of aromatic carboxylic acids is 1. The Morgan fingerprint density at radius 1 is 1.38 bits per heavy atom. The van der Waals surface area contributed by atoms with Gasteiger partial charge in [0.05, 0.1) is 5.52 Å². The van der Waals surface area contributed by atoms with Crippen LogP contribution in [-0.4, -0.2) is 39.8 Å². The lowest BCUT2D eigenvalue weighted by molar-refractivity contribution is -0.146. The molecule has 0 saturated carbocycles. The van der Waals surface area contributed by atoms with Crippen molar-refractivity contribution in [3.8, 4) is 0 Å². The number of allylic oxidation sites excluding steroid dienone is 1. The predicted octanol–water partition coefficient (Wildman–Crippen LogP) is 2.71. The Morgan fingerprint density at radius 3 is 2.81 bits per heavy atom. The summed E-state index contributed by atoms with van der Waals surface area (Å²) >= 11 is 1.63. The maximum atomic E-state index is 12.7. The molecule has 7 heteroatoms. The summed E-state index contributed by atoms with van der Waals surface area (Å²) in [5.74, 6) is -1.17. The number of carbonyl (C=O) groups excluding carboxylic acids is 1. The maximum absolute atomic E-state index is 12.7. The molecule has 2 atom stereocenters. The Morgan fingerprint density at radius 2 is 2.15 bits per heavy atom. The van der Waals surface area contributed by atoms with E-state index in [1.807, 2.05) is 6.26 Å². The van der Waals surface area contributed by atoms with Gasteiger partial charge in [-0.3, -0.25) is 0 Å². The first-order chi connectivity index (χ1) is 12.5. The second-order valence-electron chi connectivity index (χ2n) is 6.36. The molecule has 3 rings (SSSR count). The number of nitrogens with two attached hydrogens (primary N) is 1. The number of hydrogen-bond acceptors (Lipinski definition) is 5. The van der Waals surface area contributed by atoms with E-state index in [9.17, 15) is 14.7 Å². The summed E-state index contributed by atoms with van der Waals surface area (Å²) in [7, 11) is 0. The highest BCUT2D eigenvalue weighted by Crippen LogP contribution is 2.29. The van der Waals surface area contributed by atoms with E-state index in [2.05, 4.69) is 6.08 Å². The Bertz CT molecular complexity index is 858. The highest BCUT2D eigenvalue weighted by atomic mass is 32.2. The summed E-state index contributed by atoms with van der Waals surface area (Å²) in [4.78, 5) is 29.7. The molecule has 1 heterocycles. The molecule has 0 aliphatic heterocycles. The molecule has 0 bridgehead atoms. The lowest BCUT2D eigenvalue weighted by atomic mass is 9.93. The van der Waals surface area contributed by atoms with Crippen LogP contribution in [0.4, 0.5) is 0 Å². The van der Waals surface area contributed by atoms with Gasteiger partial charge in [0.25, 0.3) is 0 Å². The van der Waals surface area contributed by atoms with Crippen LogP contribution in [0.5, 0.6) is 0 Å². The summed E-state index contributed by atoms with van der Waals surface area (Å²) < 4.78 is 1.07. The van der Waals surface area contributed by atoms with Crippen LogP contribution in [0.3, 0.4) is 0 Å². The third-order valence-corrected chi connectivity index (χ3v) is 5.36. The number of thioether (sulfide) groups is 1. The molecular formula is C19H22N2O4S. The average Bonchev–Trinajstić information content (AvgIpc) is 3.27. The van der Waals surface area contributed by atoms with Gasteiger partial charge >= 0.3 is 11.9 Å². The van der Waals surface area contributed by atoms with Crippen LogP contribution in [0.25, 0.3) is 10.9 Å². The van der Waals surface area contributed by atoms with Gasteiger partial charge in [0.1, 0.15) is 6.04 Å². The van der Waals surface area contributed by atoms with Crippen molar-refractivity contribution >= 4 is 34.6 Å². The van der Waals surface area contributed by atoms with Crippen LogP contribution in [0, 0.1) is 5.92 Å². The standard InChI is InChI=1S/C19H22N2O4S/c1-26-11-14(12-6-2-3-7-12)17(20)19(24)25-21-15-9-5-4-8-13(15)10-16(21)18(22)23/h4-6,8-10,14,17H,2-3,7,11,20H2,1H3,(H,22,23). The fourth-order valence-electron chi connectivity index (χ4n) is 3.35. The van der Waals surface area contributed by atoms with Gasteiger partial charge in [-0.1, -0.05) is 29.8 Å². The van der Waals surface area contributed by atoms with E-state index in [1.165, 1.54) is 11.6 Å². The van der Waals surface area contributed by atoms with Crippen molar-refractivity contribution in [3.05, 3.63) is 47.7 Å². The zero-order chi connectivity index (χ0) is 18.7. The number of benzene rings is 1. The number of para-hydroxylation sites is 1. The molecule has 0 fully saturated rings. The highest BCUT2D eigenvalue weighted by Gasteiger charge is 2.31. The molecule has 1 aliphatic carbocycles. The lowest BCUT2D eigenvalue weighted by Gasteiger charge is -2.23. The third-order valence-electron chi connectivity index (χ3n) is 4.67. The molecule has 1 aromatic heterocycles. The van der Waals surface area contributed by atoms with Gasteiger partial charge in [-0.2, -0.15) is 16.5 Å². The molecule has 1 aliphatic rings. The van der Waals surface area contributed by atoms with Crippen molar-refractivity contribution in [1.82, 2.24) is 4.73 Å². The molecular weight excluding hydrogens is 352 g/mol. The van der Waals surface area contributed by atoms with Crippen LogP contribution >= 0.6 is 11.8 Å². The van der Waals surface area contributed by atoms with Gasteiger partial charge in [-0.15, -0.1) is 0 Å². The normalized spacial score (nSPS) is 16.3. The minimum Gasteiger partial charge on any atom is -0.476 e. The summed E-state index contributed by atoms with van der Waals surface area (Å²) in [6.45, 7) is 0. The molecule has 26 heavy (non-hydrogen) atoms. The second kappa shape index (κ2) is 7.97. The number of rotatable bonds is 7. The Kier molecular flexibility index (Phi) is 5.68. The van der Waals surface area contributed by atoms with Gasteiger partial charge in [0.2, 0.25) is 0 Å². The zero-order valence-corrected chi connectivity index (χ0v) is 15.4. The molecule has 2 unspecified atom stereocenters. The molecule has 0 amide bonds. The first kappa shape index (κ1) is 18.5. The van der Waals surface area contributed by atoms with E-state index < -0.39 is 18.0 Å². The summed E-state index contributed by atoms with van der Waals surface area (Å²) in [6, 6.07) is 7.68. The van der Waals surface area contributed by atoms with E-state index in [0.29, 0.717) is 10.9 Å². The summed E-state index contributed by atoms with van der Waals surface area (Å²) in [5.41, 5.74) is 7.84. The van der Waals surface area contributed by atoms with Crippen molar-refractivity contribution in [2.75, 3.05) is 12.0 Å². The third kappa shape index (κ3) is 3.64. The van der Waals surface area contributed by atoms with Gasteiger partial charge < -0.3 is 15.7 Å². The Balaban J connectivity index is 1.88. The Hall–Kier alpha value is -2.25. The smallest absolute Gasteiger partial charge is 0.356 e. The van der Waals surface area contributed by atoms with Gasteiger partial charge in [0, 0.05) is 17.1 Å². The number of carboxylic acids is 1. The number of aromatic nitrogens is 1. The molecule has 3 N–H and O–H groups in total. The number of carboxylic acid groups (broad SMARTS) is 1. The molecule has 6 nitrogen and oxygen atoms in total. The van der Waals surface area contributed by atoms with E-state index in [0.717, 1.165) is 29.7 Å². The van der Waals surface area contributed by atoms with Crippen LogP contribution < -0.4 is 10.6 Å². The summed E-state index contributed by atoms with van der Waals surface area (Å²) in [5, 5.41) is 10.1. The number of carbonyl (C=O) groups is 2. The molecule has 0 spiro atoms. The molecule has 138 valence electrons. The maximum Gasteiger partial charge on any atom is 0.356 e. The minimum absolute atomic E-state index is 0.102. The average molecular weight is 374 g/mol. The summed E-state index contributed by atoms with van der Waals surface area (Å²) in [6.07, 6.45) is 7.16.